The van der Waals surface area contributed by atoms with E-state index in [9.17, 15) is 22.8 Å². The molecule has 0 spiro atoms. The summed E-state index contributed by atoms with van der Waals surface area (Å²) >= 11 is 0. The van der Waals surface area contributed by atoms with Crippen LogP contribution in [0.25, 0.3) is 0 Å². The fourth-order valence-electron chi connectivity index (χ4n) is 3.13. The van der Waals surface area contributed by atoms with Crippen LogP contribution in [0.15, 0.2) is 16.9 Å². The van der Waals surface area contributed by atoms with E-state index in [1.807, 2.05) is 0 Å². The van der Waals surface area contributed by atoms with Crippen molar-refractivity contribution in [1.82, 2.24) is 9.88 Å². The summed E-state index contributed by atoms with van der Waals surface area (Å²) in [6.07, 6.45) is -0.310. The number of aromatic nitrogens is 1. The zero-order valence-electron chi connectivity index (χ0n) is 13.2. The van der Waals surface area contributed by atoms with Gasteiger partial charge in [-0.1, -0.05) is 19.8 Å². The van der Waals surface area contributed by atoms with E-state index in [4.69, 9.17) is 0 Å². The molecule has 1 aromatic heterocycles. The Morgan fingerprint density at radius 1 is 1.35 bits per heavy atom. The van der Waals surface area contributed by atoms with Gasteiger partial charge in [0.15, 0.2) is 0 Å². The second-order valence-corrected chi connectivity index (χ2v) is 6.01. The summed E-state index contributed by atoms with van der Waals surface area (Å²) in [7, 11) is 0. The number of carbonyl (C=O) groups excluding carboxylic acids is 1. The van der Waals surface area contributed by atoms with Crippen molar-refractivity contribution in [3.8, 4) is 0 Å². The van der Waals surface area contributed by atoms with Gasteiger partial charge in [-0.25, -0.2) is 0 Å². The minimum Gasteiger partial charge on any atom is -0.352 e. The van der Waals surface area contributed by atoms with E-state index in [0.717, 1.165) is 36.3 Å². The van der Waals surface area contributed by atoms with Gasteiger partial charge in [0, 0.05) is 17.8 Å². The second-order valence-electron chi connectivity index (χ2n) is 6.01. The molecular formula is C16H21F3N2O2. The third-order valence-electron chi connectivity index (χ3n) is 4.29. The molecule has 7 heteroatoms. The van der Waals surface area contributed by atoms with Gasteiger partial charge in [-0.3, -0.25) is 9.59 Å². The minimum atomic E-state index is -4.57. The zero-order chi connectivity index (χ0) is 17.2. The Morgan fingerprint density at radius 2 is 1.96 bits per heavy atom. The Morgan fingerprint density at radius 3 is 2.43 bits per heavy atom. The highest BCUT2D eigenvalue weighted by molar-refractivity contribution is 5.80. The number of halogens is 3. The number of hydrogen-bond donors (Lipinski definition) is 1. The number of rotatable bonds is 4. The number of amides is 1. The van der Waals surface area contributed by atoms with Gasteiger partial charge in [-0.15, -0.1) is 0 Å². The van der Waals surface area contributed by atoms with Crippen molar-refractivity contribution in [2.24, 2.45) is 0 Å². The molecule has 23 heavy (non-hydrogen) atoms. The molecule has 0 bridgehead atoms. The molecule has 0 aromatic carbocycles. The van der Waals surface area contributed by atoms with Crippen molar-refractivity contribution in [3.05, 3.63) is 33.7 Å². The SMILES string of the molecule is CCC(C(=O)NC1CCCC1)n1c(C)cc(C(F)(F)F)cc1=O. The Labute approximate surface area is 132 Å². The van der Waals surface area contributed by atoms with Gasteiger partial charge in [0.2, 0.25) is 5.91 Å². The van der Waals surface area contributed by atoms with Gasteiger partial charge >= 0.3 is 6.18 Å². The van der Waals surface area contributed by atoms with Crippen LogP contribution in [-0.4, -0.2) is 16.5 Å². The molecule has 1 atom stereocenters. The molecule has 1 fully saturated rings. The van der Waals surface area contributed by atoms with Crippen LogP contribution in [0.1, 0.15) is 56.3 Å². The first-order chi connectivity index (χ1) is 10.7. The smallest absolute Gasteiger partial charge is 0.352 e. The van der Waals surface area contributed by atoms with Crippen molar-refractivity contribution in [1.29, 1.82) is 0 Å². The number of aryl methyl sites for hydroxylation is 1. The molecule has 0 aliphatic heterocycles. The third-order valence-corrected chi connectivity index (χ3v) is 4.29. The molecule has 1 saturated carbocycles. The Bertz CT molecular complexity index is 631. The van der Waals surface area contributed by atoms with Gasteiger partial charge in [0.1, 0.15) is 6.04 Å². The number of pyridine rings is 1. The van der Waals surface area contributed by atoms with Gasteiger partial charge < -0.3 is 9.88 Å². The lowest BCUT2D eigenvalue weighted by Gasteiger charge is -2.23. The molecule has 1 aliphatic carbocycles. The summed E-state index contributed by atoms with van der Waals surface area (Å²) in [5.74, 6) is -0.302. The molecule has 0 saturated heterocycles. The minimum absolute atomic E-state index is 0.0991. The molecule has 1 amide bonds. The lowest BCUT2D eigenvalue weighted by atomic mass is 10.1. The Balaban J connectivity index is 2.30. The van der Waals surface area contributed by atoms with Crippen molar-refractivity contribution in [2.45, 2.75) is 64.2 Å². The first-order valence-electron chi connectivity index (χ1n) is 7.84. The van der Waals surface area contributed by atoms with Crippen LogP contribution >= 0.6 is 0 Å². The fourth-order valence-corrected chi connectivity index (χ4v) is 3.13. The average molecular weight is 330 g/mol. The van der Waals surface area contributed by atoms with E-state index in [-0.39, 0.29) is 17.6 Å². The molecule has 1 unspecified atom stereocenters. The monoisotopic (exact) mass is 330 g/mol. The van der Waals surface area contributed by atoms with Gasteiger partial charge in [0.25, 0.3) is 5.56 Å². The number of hydrogen-bond acceptors (Lipinski definition) is 2. The predicted octanol–water partition coefficient (Wildman–Crippen LogP) is 3.19. The maximum Gasteiger partial charge on any atom is 0.416 e. The summed E-state index contributed by atoms with van der Waals surface area (Å²) in [5, 5.41) is 2.91. The quantitative estimate of drug-likeness (QED) is 0.922. The lowest BCUT2D eigenvalue weighted by Crippen LogP contribution is -2.41. The van der Waals surface area contributed by atoms with E-state index < -0.39 is 23.3 Å². The van der Waals surface area contributed by atoms with Gasteiger partial charge in [-0.2, -0.15) is 13.2 Å². The molecule has 2 rings (SSSR count). The maximum absolute atomic E-state index is 12.8. The summed E-state index contributed by atoms with van der Waals surface area (Å²) in [6, 6.07) is 0.776. The summed E-state index contributed by atoms with van der Waals surface area (Å²) < 4.78 is 39.4. The molecular weight excluding hydrogens is 309 g/mol. The first kappa shape index (κ1) is 17.6. The molecule has 1 N–H and O–H groups in total. The van der Waals surface area contributed by atoms with Crippen molar-refractivity contribution in [3.63, 3.8) is 0 Å². The second kappa shape index (κ2) is 6.76. The maximum atomic E-state index is 12.8. The van der Waals surface area contributed by atoms with Crippen LogP contribution in [0.4, 0.5) is 13.2 Å². The molecule has 128 valence electrons. The number of carbonyl (C=O) groups is 1. The zero-order valence-corrected chi connectivity index (χ0v) is 13.2. The summed E-state index contributed by atoms with van der Waals surface area (Å²) in [6.45, 7) is 3.16. The summed E-state index contributed by atoms with van der Waals surface area (Å²) in [5.41, 5.74) is -1.65. The van der Waals surface area contributed by atoms with Gasteiger partial charge in [0.05, 0.1) is 5.56 Å². The fraction of sp³-hybridized carbons (Fsp3) is 0.625. The van der Waals surface area contributed by atoms with E-state index >= 15 is 0 Å². The normalized spacial score (nSPS) is 17.3. The third kappa shape index (κ3) is 3.95. The highest BCUT2D eigenvalue weighted by atomic mass is 19.4. The average Bonchev–Trinajstić information content (AvgIpc) is 2.94. The highest BCUT2D eigenvalue weighted by Gasteiger charge is 2.33. The van der Waals surface area contributed by atoms with Crippen molar-refractivity contribution >= 4 is 5.91 Å². The van der Waals surface area contributed by atoms with Crippen LogP contribution in [0.5, 0.6) is 0 Å². The van der Waals surface area contributed by atoms with Gasteiger partial charge in [-0.05, 0) is 32.3 Å². The lowest BCUT2D eigenvalue weighted by molar-refractivity contribution is -0.137. The summed E-state index contributed by atoms with van der Waals surface area (Å²) in [4.78, 5) is 24.6. The number of nitrogens with zero attached hydrogens (tertiary/aromatic N) is 1. The van der Waals surface area contributed by atoms with E-state index in [1.54, 1.807) is 6.92 Å². The predicted molar refractivity (Wildman–Crippen MR) is 80.2 cm³/mol. The van der Waals surface area contributed by atoms with E-state index in [1.165, 1.54) is 6.92 Å². The van der Waals surface area contributed by atoms with E-state index in [2.05, 4.69) is 5.32 Å². The van der Waals surface area contributed by atoms with Crippen LogP contribution < -0.4 is 10.9 Å². The van der Waals surface area contributed by atoms with E-state index in [0.29, 0.717) is 12.5 Å². The molecule has 1 heterocycles. The van der Waals surface area contributed by atoms with Crippen LogP contribution in [0.2, 0.25) is 0 Å². The first-order valence-corrected chi connectivity index (χ1v) is 7.84. The van der Waals surface area contributed by atoms with Crippen LogP contribution in [-0.2, 0) is 11.0 Å². The topological polar surface area (TPSA) is 51.1 Å². The standard InChI is InChI=1S/C16H21F3N2O2/c1-3-13(15(23)20-12-6-4-5-7-12)21-10(2)8-11(9-14(21)22)16(17,18)19/h8-9,12-13H,3-7H2,1-2H3,(H,20,23). The molecule has 4 nitrogen and oxygen atoms in total. The largest absolute Gasteiger partial charge is 0.416 e. The highest BCUT2D eigenvalue weighted by Crippen LogP contribution is 2.29. The number of nitrogens with one attached hydrogen (secondary N) is 1. The molecule has 1 aromatic rings. The van der Waals surface area contributed by atoms with Crippen LogP contribution in [0, 0.1) is 6.92 Å². The van der Waals surface area contributed by atoms with Crippen LogP contribution in [0.3, 0.4) is 0 Å². The van der Waals surface area contributed by atoms with Crippen molar-refractivity contribution < 1.29 is 18.0 Å². The molecule has 1 aliphatic rings. The number of alkyl halides is 3. The Hall–Kier alpha value is -1.79. The molecule has 0 radical (unpaired) electrons. The Kier molecular flexibility index (Phi) is 5.16. The van der Waals surface area contributed by atoms with Crippen molar-refractivity contribution in [2.75, 3.05) is 0 Å².